The monoisotopic (exact) mass is 486 g/mol. The summed E-state index contributed by atoms with van der Waals surface area (Å²) in [6.07, 6.45) is 0. The molecule has 0 bridgehead atoms. The molecule has 2 aromatic carbocycles. The minimum absolute atomic E-state index is 0. The van der Waals surface area contributed by atoms with Gasteiger partial charge in [0.05, 0.1) is 24.2 Å². The largest absolute Gasteiger partial charge is 0.357 e. The number of aliphatic imine (C=N–C) groups is 1. The maximum Gasteiger partial charge on any atom is 0.192 e. The van der Waals surface area contributed by atoms with E-state index in [0.29, 0.717) is 28.7 Å². The van der Waals surface area contributed by atoms with E-state index in [1.807, 2.05) is 44.2 Å². The highest BCUT2D eigenvalue weighted by Gasteiger charge is 2.11. The molecule has 0 aromatic heterocycles. The van der Waals surface area contributed by atoms with Crippen molar-refractivity contribution in [2.45, 2.75) is 26.4 Å². The highest BCUT2D eigenvalue weighted by atomic mass is 127. The number of benzene rings is 2. The Morgan fingerprint density at radius 2 is 2.04 bits per heavy atom. The van der Waals surface area contributed by atoms with Crippen molar-refractivity contribution in [3.63, 3.8) is 0 Å². The van der Waals surface area contributed by atoms with Crippen molar-refractivity contribution in [2.75, 3.05) is 6.54 Å². The van der Waals surface area contributed by atoms with Crippen LogP contribution in [0.25, 0.3) is 0 Å². The first-order chi connectivity index (χ1) is 12.0. The number of halogens is 3. The molecule has 26 heavy (non-hydrogen) atoms. The predicted molar refractivity (Wildman–Crippen MR) is 114 cm³/mol. The average Bonchev–Trinajstić information content (AvgIpc) is 2.61. The summed E-state index contributed by atoms with van der Waals surface area (Å²) in [5.74, 6) is 0.175. The van der Waals surface area contributed by atoms with Crippen molar-refractivity contribution in [3.05, 3.63) is 70.0 Å². The summed E-state index contributed by atoms with van der Waals surface area (Å²) in [4.78, 5) is 4.42. The summed E-state index contributed by atoms with van der Waals surface area (Å²) in [6.45, 7) is 4.73. The topological polar surface area (TPSA) is 60.2 Å². The van der Waals surface area contributed by atoms with Gasteiger partial charge in [0.1, 0.15) is 5.82 Å². The van der Waals surface area contributed by atoms with Crippen molar-refractivity contribution in [1.29, 1.82) is 5.26 Å². The third kappa shape index (κ3) is 6.15. The molecule has 4 nitrogen and oxygen atoms in total. The van der Waals surface area contributed by atoms with Gasteiger partial charge in [-0.15, -0.1) is 24.0 Å². The number of nitrogens with one attached hydrogen (secondary N) is 2. The van der Waals surface area contributed by atoms with E-state index in [-0.39, 0.29) is 42.4 Å². The first-order valence-corrected chi connectivity index (χ1v) is 8.40. The van der Waals surface area contributed by atoms with Gasteiger partial charge in [-0.2, -0.15) is 5.26 Å². The molecule has 0 spiro atoms. The molecule has 0 heterocycles. The van der Waals surface area contributed by atoms with E-state index in [1.165, 1.54) is 18.2 Å². The van der Waals surface area contributed by atoms with Gasteiger partial charge in [-0.3, -0.25) is 0 Å². The number of nitriles is 1. The smallest absolute Gasteiger partial charge is 0.192 e. The molecular weight excluding hydrogens is 466 g/mol. The van der Waals surface area contributed by atoms with Crippen LogP contribution in [0, 0.1) is 17.1 Å². The number of hydrogen-bond donors (Lipinski definition) is 2. The molecule has 0 radical (unpaired) electrons. The van der Waals surface area contributed by atoms with Crippen LogP contribution in [0.4, 0.5) is 4.39 Å². The highest BCUT2D eigenvalue weighted by molar-refractivity contribution is 14.0. The van der Waals surface area contributed by atoms with Crippen LogP contribution < -0.4 is 10.6 Å². The fourth-order valence-electron chi connectivity index (χ4n) is 2.36. The molecular formula is C19H21ClFIN4. The van der Waals surface area contributed by atoms with Crippen molar-refractivity contribution >= 4 is 41.5 Å². The summed E-state index contributed by atoms with van der Waals surface area (Å²) < 4.78 is 13.9. The fourth-order valence-corrected chi connectivity index (χ4v) is 2.66. The Morgan fingerprint density at radius 3 is 2.69 bits per heavy atom. The number of nitrogens with zero attached hydrogens (tertiary/aromatic N) is 2. The lowest BCUT2D eigenvalue weighted by Crippen LogP contribution is -2.38. The van der Waals surface area contributed by atoms with E-state index in [1.54, 1.807) is 0 Å². The van der Waals surface area contributed by atoms with E-state index in [4.69, 9.17) is 16.9 Å². The van der Waals surface area contributed by atoms with Gasteiger partial charge in [0.2, 0.25) is 0 Å². The second-order valence-corrected chi connectivity index (χ2v) is 5.91. The molecule has 0 aliphatic heterocycles. The minimum Gasteiger partial charge on any atom is -0.357 e. The molecule has 0 aliphatic rings. The zero-order valence-corrected chi connectivity index (χ0v) is 17.7. The van der Waals surface area contributed by atoms with E-state index >= 15 is 0 Å². The lowest BCUT2D eigenvalue weighted by Gasteiger charge is -2.19. The van der Waals surface area contributed by atoms with Gasteiger partial charge < -0.3 is 10.6 Å². The Labute approximate surface area is 175 Å². The predicted octanol–water partition coefficient (Wildman–Crippen LogP) is 4.79. The number of hydrogen-bond acceptors (Lipinski definition) is 2. The number of rotatable bonds is 5. The number of guanidine groups is 1. The molecule has 0 aliphatic carbocycles. The van der Waals surface area contributed by atoms with Gasteiger partial charge in [-0.25, -0.2) is 9.38 Å². The third-order valence-corrected chi connectivity index (χ3v) is 4.00. The fraction of sp³-hybridized carbons (Fsp3) is 0.263. The maximum atomic E-state index is 13.9. The molecule has 2 rings (SSSR count). The van der Waals surface area contributed by atoms with Crippen LogP contribution in [0.3, 0.4) is 0 Å². The van der Waals surface area contributed by atoms with Crippen molar-refractivity contribution in [2.24, 2.45) is 4.99 Å². The first-order valence-electron chi connectivity index (χ1n) is 8.03. The van der Waals surface area contributed by atoms with Gasteiger partial charge in [0, 0.05) is 17.1 Å². The molecule has 0 saturated carbocycles. The highest BCUT2D eigenvalue weighted by Crippen LogP contribution is 2.22. The molecule has 0 saturated heterocycles. The summed E-state index contributed by atoms with van der Waals surface area (Å²) in [5.41, 5.74) is 1.74. The lowest BCUT2D eigenvalue weighted by molar-refractivity contribution is 0.609. The zero-order chi connectivity index (χ0) is 18.2. The first kappa shape index (κ1) is 22.2. The van der Waals surface area contributed by atoms with E-state index in [0.717, 1.165) is 5.56 Å². The minimum atomic E-state index is -0.377. The molecule has 1 unspecified atom stereocenters. The molecule has 0 fully saturated rings. The Morgan fingerprint density at radius 1 is 1.31 bits per heavy atom. The van der Waals surface area contributed by atoms with Crippen LogP contribution in [0.2, 0.25) is 5.02 Å². The molecule has 138 valence electrons. The molecule has 2 N–H and O–H groups in total. The SMILES string of the molecule is CCNC(=NCc1cc(C#N)ccc1F)NC(C)c1ccccc1Cl.I. The second-order valence-electron chi connectivity index (χ2n) is 5.50. The van der Waals surface area contributed by atoms with Crippen LogP contribution in [0.1, 0.15) is 36.6 Å². The Balaban J connectivity index is 0.00000338. The van der Waals surface area contributed by atoms with E-state index in [2.05, 4.69) is 15.6 Å². The Kier molecular flexibility index (Phi) is 9.38. The summed E-state index contributed by atoms with van der Waals surface area (Å²) in [7, 11) is 0. The molecule has 7 heteroatoms. The second kappa shape index (κ2) is 11.0. The quantitative estimate of drug-likeness (QED) is 0.363. The van der Waals surface area contributed by atoms with Crippen LogP contribution in [-0.2, 0) is 6.54 Å². The van der Waals surface area contributed by atoms with Crippen molar-refractivity contribution in [3.8, 4) is 6.07 Å². The molecule has 0 amide bonds. The van der Waals surface area contributed by atoms with Gasteiger partial charge in [-0.05, 0) is 43.7 Å². The maximum absolute atomic E-state index is 13.9. The normalized spacial score (nSPS) is 11.9. The van der Waals surface area contributed by atoms with Crippen LogP contribution in [0.15, 0.2) is 47.5 Å². The standard InChI is InChI=1S/C19H20ClFN4.HI/c1-3-23-19(25-13(2)16-6-4-5-7-17(16)20)24-12-15-10-14(11-22)8-9-18(15)21;/h4-10,13H,3,12H2,1-2H3,(H2,23,24,25);1H. The van der Waals surface area contributed by atoms with Gasteiger partial charge >= 0.3 is 0 Å². The van der Waals surface area contributed by atoms with Gasteiger partial charge in [-0.1, -0.05) is 29.8 Å². The van der Waals surface area contributed by atoms with Crippen molar-refractivity contribution in [1.82, 2.24) is 10.6 Å². The summed E-state index contributed by atoms with van der Waals surface area (Å²) >= 11 is 6.23. The summed E-state index contributed by atoms with van der Waals surface area (Å²) in [6, 6.07) is 13.8. The van der Waals surface area contributed by atoms with Gasteiger partial charge in [0.15, 0.2) is 5.96 Å². The Bertz CT molecular complexity index is 804. The molecule has 1 atom stereocenters. The average molecular weight is 487 g/mol. The van der Waals surface area contributed by atoms with E-state index < -0.39 is 0 Å². The Hall–Kier alpha value is -1.85. The van der Waals surface area contributed by atoms with E-state index in [9.17, 15) is 4.39 Å². The van der Waals surface area contributed by atoms with Crippen LogP contribution in [0.5, 0.6) is 0 Å². The zero-order valence-electron chi connectivity index (χ0n) is 14.6. The lowest BCUT2D eigenvalue weighted by atomic mass is 10.1. The van der Waals surface area contributed by atoms with Crippen LogP contribution in [-0.4, -0.2) is 12.5 Å². The summed E-state index contributed by atoms with van der Waals surface area (Å²) in [5, 5.41) is 16.0. The van der Waals surface area contributed by atoms with Gasteiger partial charge in [0.25, 0.3) is 0 Å². The molecule has 2 aromatic rings. The van der Waals surface area contributed by atoms with Crippen molar-refractivity contribution < 1.29 is 4.39 Å². The third-order valence-electron chi connectivity index (χ3n) is 3.65. The van der Waals surface area contributed by atoms with Crippen LogP contribution >= 0.6 is 35.6 Å².